The summed E-state index contributed by atoms with van der Waals surface area (Å²) in [6, 6.07) is 8.12. The molecule has 170 valence electrons. The molecule has 0 unspecified atom stereocenters. The van der Waals surface area contributed by atoms with Gasteiger partial charge in [0.25, 0.3) is 0 Å². The zero-order chi connectivity index (χ0) is 22.9. The summed E-state index contributed by atoms with van der Waals surface area (Å²) >= 11 is 5.87. The smallest absolute Gasteiger partial charge is 0.211 e. The van der Waals surface area contributed by atoms with Gasteiger partial charge in [-0.3, -0.25) is 0 Å². The van der Waals surface area contributed by atoms with E-state index in [1.54, 1.807) is 24.3 Å². The van der Waals surface area contributed by atoms with E-state index in [0.29, 0.717) is 54.2 Å². The van der Waals surface area contributed by atoms with Crippen LogP contribution in [0.1, 0.15) is 12.8 Å². The van der Waals surface area contributed by atoms with Gasteiger partial charge < -0.3 is 14.8 Å². The van der Waals surface area contributed by atoms with E-state index in [2.05, 4.69) is 15.3 Å². The van der Waals surface area contributed by atoms with Crippen LogP contribution in [-0.4, -0.2) is 55.3 Å². The van der Waals surface area contributed by atoms with Crippen molar-refractivity contribution in [3.05, 3.63) is 47.5 Å². The molecule has 11 heteroatoms. The molecule has 1 aromatic heterocycles. The second kappa shape index (κ2) is 9.05. The molecule has 1 N–H and O–H groups in total. The quantitative estimate of drug-likeness (QED) is 0.570. The van der Waals surface area contributed by atoms with Crippen LogP contribution in [-0.2, 0) is 10.0 Å². The molecule has 32 heavy (non-hydrogen) atoms. The first-order valence-electron chi connectivity index (χ1n) is 9.92. The summed E-state index contributed by atoms with van der Waals surface area (Å²) in [6.07, 6.45) is 3.56. The van der Waals surface area contributed by atoms with Crippen LogP contribution in [0.25, 0.3) is 10.9 Å². The first-order valence-corrected chi connectivity index (χ1v) is 12.1. The number of hydrogen-bond acceptors (Lipinski definition) is 7. The number of rotatable bonds is 6. The molecule has 1 aliphatic rings. The lowest BCUT2D eigenvalue weighted by atomic mass is 10.1. The topological polar surface area (TPSA) is 93.7 Å². The average Bonchev–Trinajstić information content (AvgIpc) is 2.76. The molecule has 0 aliphatic carbocycles. The Morgan fingerprint density at radius 3 is 2.62 bits per heavy atom. The van der Waals surface area contributed by atoms with Gasteiger partial charge in [0.05, 0.1) is 29.6 Å². The highest BCUT2D eigenvalue weighted by atomic mass is 35.5. The third-order valence-electron chi connectivity index (χ3n) is 5.29. The van der Waals surface area contributed by atoms with Crippen LogP contribution in [0.2, 0.25) is 5.02 Å². The van der Waals surface area contributed by atoms with Gasteiger partial charge in [0.2, 0.25) is 10.0 Å². The van der Waals surface area contributed by atoms with Crippen molar-refractivity contribution in [3.63, 3.8) is 0 Å². The lowest BCUT2D eigenvalue weighted by Gasteiger charge is -2.30. The lowest BCUT2D eigenvalue weighted by molar-refractivity contribution is 0.131. The SMILES string of the molecule is COc1cc2c(Nc3cccc(Cl)c3F)ncnc2cc1OC1CCN(S(C)(=O)=O)CC1. The number of ether oxygens (including phenoxy) is 2. The molecule has 0 atom stereocenters. The van der Waals surface area contributed by atoms with E-state index < -0.39 is 15.8 Å². The lowest BCUT2D eigenvalue weighted by Crippen LogP contribution is -2.41. The molecule has 1 saturated heterocycles. The summed E-state index contributed by atoms with van der Waals surface area (Å²) in [5, 5.41) is 3.57. The average molecular weight is 481 g/mol. The van der Waals surface area contributed by atoms with Crippen molar-refractivity contribution in [2.24, 2.45) is 0 Å². The number of benzene rings is 2. The number of nitrogens with one attached hydrogen (secondary N) is 1. The van der Waals surface area contributed by atoms with Gasteiger partial charge in [-0.25, -0.2) is 27.1 Å². The number of hydrogen-bond donors (Lipinski definition) is 1. The maximum absolute atomic E-state index is 14.3. The monoisotopic (exact) mass is 480 g/mol. The molecule has 2 heterocycles. The Labute approximate surface area is 190 Å². The fourth-order valence-corrected chi connectivity index (χ4v) is 4.65. The van der Waals surface area contributed by atoms with Crippen LogP contribution in [0.3, 0.4) is 0 Å². The molecule has 0 radical (unpaired) electrons. The molecular weight excluding hydrogens is 459 g/mol. The molecule has 0 spiro atoms. The predicted octanol–water partition coefficient (Wildman–Crippen LogP) is 3.98. The van der Waals surface area contributed by atoms with Crippen molar-refractivity contribution in [3.8, 4) is 11.5 Å². The van der Waals surface area contributed by atoms with Crippen LogP contribution in [0.15, 0.2) is 36.7 Å². The molecule has 8 nitrogen and oxygen atoms in total. The standard InChI is InChI=1S/C21H22ClFN4O4S/c1-30-18-10-14-17(11-19(18)31-13-6-8-27(9-7-13)32(2,28)29)24-12-25-21(14)26-16-5-3-4-15(22)20(16)23/h3-5,10-13H,6-9H2,1-2H3,(H,24,25,26). The first-order chi connectivity index (χ1) is 15.3. The fraction of sp³-hybridized carbons (Fsp3) is 0.333. The summed E-state index contributed by atoms with van der Waals surface area (Å²) in [5.41, 5.74) is 0.767. The predicted molar refractivity (Wildman–Crippen MR) is 121 cm³/mol. The van der Waals surface area contributed by atoms with E-state index >= 15 is 0 Å². The summed E-state index contributed by atoms with van der Waals surface area (Å²) in [7, 11) is -1.68. The van der Waals surface area contributed by atoms with Gasteiger partial charge in [0, 0.05) is 24.5 Å². The van der Waals surface area contributed by atoms with E-state index in [-0.39, 0.29) is 16.8 Å². The zero-order valence-electron chi connectivity index (χ0n) is 17.5. The number of sulfonamides is 1. The van der Waals surface area contributed by atoms with Gasteiger partial charge in [-0.15, -0.1) is 0 Å². The maximum atomic E-state index is 14.3. The molecule has 0 saturated carbocycles. The van der Waals surface area contributed by atoms with Crippen LogP contribution >= 0.6 is 11.6 Å². The second-order valence-corrected chi connectivity index (χ2v) is 9.84. The van der Waals surface area contributed by atoms with Crippen LogP contribution < -0.4 is 14.8 Å². The van der Waals surface area contributed by atoms with E-state index in [1.165, 1.54) is 30.1 Å². The van der Waals surface area contributed by atoms with Crippen molar-refractivity contribution >= 4 is 44.0 Å². The van der Waals surface area contributed by atoms with Crippen LogP contribution in [0.4, 0.5) is 15.9 Å². The van der Waals surface area contributed by atoms with Crippen molar-refractivity contribution in [2.45, 2.75) is 18.9 Å². The summed E-state index contributed by atoms with van der Waals surface area (Å²) in [4.78, 5) is 8.54. The van der Waals surface area contributed by atoms with Gasteiger partial charge in [-0.1, -0.05) is 17.7 Å². The summed E-state index contributed by atoms with van der Waals surface area (Å²) in [5.74, 6) is 0.777. The molecule has 1 aliphatic heterocycles. The Hall–Kier alpha value is -2.69. The minimum atomic E-state index is -3.21. The van der Waals surface area contributed by atoms with Crippen LogP contribution in [0, 0.1) is 5.82 Å². The van der Waals surface area contributed by atoms with Crippen molar-refractivity contribution in [1.29, 1.82) is 0 Å². The summed E-state index contributed by atoms with van der Waals surface area (Å²) in [6.45, 7) is 0.807. The zero-order valence-corrected chi connectivity index (χ0v) is 19.1. The van der Waals surface area contributed by atoms with Gasteiger partial charge in [-0.05, 0) is 31.0 Å². The molecule has 2 aromatic carbocycles. The van der Waals surface area contributed by atoms with E-state index in [0.717, 1.165) is 0 Å². The largest absolute Gasteiger partial charge is 0.493 e. The Balaban J connectivity index is 1.60. The van der Waals surface area contributed by atoms with Crippen molar-refractivity contribution in [1.82, 2.24) is 14.3 Å². The molecule has 4 rings (SSSR count). The number of nitrogens with zero attached hydrogens (tertiary/aromatic N) is 3. The summed E-state index contributed by atoms with van der Waals surface area (Å²) < 4.78 is 50.9. The molecule has 1 fully saturated rings. The Morgan fingerprint density at radius 2 is 1.94 bits per heavy atom. The highest BCUT2D eigenvalue weighted by Gasteiger charge is 2.27. The minimum Gasteiger partial charge on any atom is -0.493 e. The first kappa shape index (κ1) is 22.5. The third kappa shape index (κ3) is 4.72. The number of aromatic nitrogens is 2. The molecule has 0 bridgehead atoms. The number of methoxy groups -OCH3 is 1. The molecular formula is C21H22ClFN4O4S. The van der Waals surface area contributed by atoms with Crippen molar-refractivity contribution < 1.29 is 22.3 Å². The van der Waals surface area contributed by atoms with Gasteiger partial charge in [-0.2, -0.15) is 0 Å². The van der Waals surface area contributed by atoms with Crippen LogP contribution in [0.5, 0.6) is 11.5 Å². The van der Waals surface area contributed by atoms with Gasteiger partial charge >= 0.3 is 0 Å². The Kier molecular flexibility index (Phi) is 6.36. The Bertz CT molecular complexity index is 1250. The van der Waals surface area contributed by atoms with Gasteiger partial charge in [0.15, 0.2) is 17.3 Å². The van der Waals surface area contributed by atoms with E-state index in [9.17, 15) is 12.8 Å². The van der Waals surface area contributed by atoms with E-state index in [4.69, 9.17) is 21.1 Å². The van der Waals surface area contributed by atoms with E-state index in [1.807, 2.05) is 0 Å². The fourth-order valence-electron chi connectivity index (χ4n) is 3.60. The maximum Gasteiger partial charge on any atom is 0.211 e. The number of fused-ring (bicyclic) bond motifs is 1. The van der Waals surface area contributed by atoms with Gasteiger partial charge in [0.1, 0.15) is 18.2 Å². The highest BCUT2D eigenvalue weighted by molar-refractivity contribution is 7.88. The normalized spacial score (nSPS) is 15.6. The number of piperidine rings is 1. The number of halogens is 2. The minimum absolute atomic E-state index is 0.00329. The number of anilines is 2. The molecule has 3 aromatic rings. The third-order valence-corrected chi connectivity index (χ3v) is 6.88. The highest BCUT2D eigenvalue weighted by Crippen LogP contribution is 2.36. The molecule has 0 amide bonds. The Morgan fingerprint density at radius 1 is 1.19 bits per heavy atom. The van der Waals surface area contributed by atoms with Crippen molar-refractivity contribution in [2.75, 3.05) is 31.8 Å². The second-order valence-electron chi connectivity index (χ2n) is 7.45.